The van der Waals surface area contributed by atoms with Gasteiger partial charge in [0.25, 0.3) is 0 Å². The van der Waals surface area contributed by atoms with Gasteiger partial charge in [0.1, 0.15) is 5.82 Å². The van der Waals surface area contributed by atoms with Crippen LogP contribution in [0.25, 0.3) is 0 Å². The molecule has 0 aliphatic heterocycles. The summed E-state index contributed by atoms with van der Waals surface area (Å²) < 4.78 is 0. The largest absolute Gasteiger partial charge is 0.316 e. The van der Waals surface area contributed by atoms with E-state index in [1.54, 1.807) is 0 Å². The van der Waals surface area contributed by atoms with E-state index >= 15 is 0 Å². The van der Waals surface area contributed by atoms with Gasteiger partial charge in [0.2, 0.25) is 0 Å². The van der Waals surface area contributed by atoms with Crippen LogP contribution in [-0.2, 0) is 0 Å². The summed E-state index contributed by atoms with van der Waals surface area (Å²) in [4.78, 5) is 9.32. The lowest BCUT2D eigenvalue weighted by atomic mass is 9.97. The topological polar surface area (TPSA) is 37.8 Å². The average Bonchev–Trinajstić information content (AvgIpc) is 2.27. The number of hydrogen-bond acceptors (Lipinski definition) is 3. The van der Waals surface area contributed by atoms with Crippen LogP contribution in [0.15, 0.2) is 0 Å². The molecule has 108 valence electrons. The highest BCUT2D eigenvalue weighted by Gasteiger charge is 2.16. The van der Waals surface area contributed by atoms with Crippen LogP contribution in [0.5, 0.6) is 0 Å². The SMILES string of the molecule is Cc1nc(C(C)C)nc(C)c1C(C)CNCC(C)C. The Hall–Kier alpha value is -0.960. The van der Waals surface area contributed by atoms with Crippen molar-refractivity contribution in [3.05, 3.63) is 22.8 Å². The minimum absolute atomic E-state index is 0.390. The quantitative estimate of drug-likeness (QED) is 0.852. The molecule has 0 fully saturated rings. The molecule has 0 aliphatic carbocycles. The zero-order valence-electron chi connectivity index (χ0n) is 13.5. The smallest absolute Gasteiger partial charge is 0.131 e. The van der Waals surface area contributed by atoms with Gasteiger partial charge in [-0.2, -0.15) is 0 Å². The van der Waals surface area contributed by atoms with E-state index in [-0.39, 0.29) is 0 Å². The minimum atomic E-state index is 0.390. The van der Waals surface area contributed by atoms with E-state index in [0.717, 1.165) is 30.3 Å². The molecule has 3 nitrogen and oxygen atoms in total. The molecule has 0 aliphatic rings. The Bertz CT molecular complexity index is 387. The maximum atomic E-state index is 4.66. The normalized spacial score (nSPS) is 13.3. The third kappa shape index (κ3) is 4.57. The lowest BCUT2D eigenvalue weighted by molar-refractivity contribution is 0.525. The van der Waals surface area contributed by atoms with Crippen LogP contribution in [0, 0.1) is 19.8 Å². The summed E-state index contributed by atoms with van der Waals surface area (Å²) in [6.45, 7) is 17.3. The molecule has 0 aromatic carbocycles. The van der Waals surface area contributed by atoms with Crippen molar-refractivity contribution < 1.29 is 0 Å². The van der Waals surface area contributed by atoms with Crippen molar-refractivity contribution in [1.29, 1.82) is 0 Å². The Morgan fingerprint density at radius 2 is 1.42 bits per heavy atom. The highest BCUT2D eigenvalue weighted by atomic mass is 14.9. The monoisotopic (exact) mass is 263 g/mol. The molecule has 3 heteroatoms. The molecule has 0 amide bonds. The maximum absolute atomic E-state index is 4.66. The molecular weight excluding hydrogens is 234 g/mol. The second-order valence-corrected chi connectivity index (χ2v) is 6.27. The highest BCUT2D eigenvalue weighted by Crippen LogP contribution is 2.22. The molecule has 0 bridgehead atoms. The van der Waals surface area contributed by atoms with Gasteiger partial charge in [-0.05, 0) is 37.8 Å². The van der Waals surface area contributed by atoms with Gasteiger partial charge in [0.15, 0.2) is 0 Å². The Morgan fingerprint density at radius 1 is 0.895 bits per heavy atom. The van der Waals surface area contributed by atoms with Crippen LogP contribution >= 0.6 is 0 Å². The molecule has 1 unspecified atom stereocenters. The molecule has 1 heterocycles. The molecule has 1 rings (SSSR count). The van der Waals surface area contributed by atoms with E-state index in [4.69, 9.17) is 0 Å². The van der Waals surface area contributed by atoms with E-state index in [2.05, 4.69) is 63.8 Å². The van der Waals surface area contributed by atoms with Crippen molar-refractivity contribution in [1.82, 2.24) is 15.3 Å². The van der Waals surface area contributed by atoms with E-state index in [1.165, 1.54) is 5.56 Å². The predicted molar refractivity (Wildman–Crippen MR) is 81.7 cm³/mol. The maximum Gasteiger partial charge on any atom is 0.131 e. The molecule has 0 spiro atoms. The van der Waals surface area contributed by atoms with Crippen molar-refractivity contribution in [3.63, 3.8) is 0 Å². The van der Waals surface area contributed by atoms with Gasteiger partial charge in [0.05, 0.1) is 0 Å². The molecule has 1 aromatic heterocycles. The average molecular weight is 263 g/mol. The van der Waals surface area contributed by atoms with Crippen molar-refractivity contribution in [3.8, 4) is 0 Å². The fraction of sp³-hybridized carbons (Fsp3) is 0.750. The fourth-order valence-electron chi connectivity index (χ4n) is 2.41. The van der Waals surface area contributed by atoms with Gasteiger partial charge in [-0.1, -0.05) is 34.6 Å². The highest BCUT2D eigenvalue weighted by molar-refractivity contribution is 5.28. The Kier molecular flexibility index (Phi) is 5.92. The summed E-state index contributed by atoms with van der Waals surface area (Å²) in [6, 6.07) is 0. The zero-order valence-corrected chi connectivity index (χ0v) is 13.5. The number of rotatable bonds is 6. The Balaban J connectivity index is 2.82. The first-order valence-electron chi connectivity index (χ1n) is 7.38. The minimum Gasteiger partial charge on any atom is -0.316 e. The van der Waals surface area contributed by atoms with Crippen LogP contribution in [0.2, 0.25) is 0 Å². The molecule has 1 N–H and O–H groups in total. The first-order valence-corrected chi connectivity index (χ1v) is 7.38. The Labute approximate surface area is 118 Å². The predicted octanol–water partition coefficient (Wildman–Crippen LogP) is 3.57. The van der Waals surface area contributed by atoms with Crippen molar-refractivity contribution >= 4 is 0 Å². The van der Waals surface area contributed by atoms with Gasteiger partial charge in [-0.3, -0.25) is 0 Å². The number of hydrogen-bond donors (Lipinski definition) is 1. The summed E-state index contributed by atoms with van der Waals surface area (Å²) in [5, 5.41) is 3.52. The second-order valence-electron chi connectivity index (χ2n) is 6.27. The van der Waals surface area contributed by atoms with Gasteiger partial charge >= 0.3 is 0 Å². The zero-order chi connectivity index (χ0) is 14.6. The van der Waals surface area contributed by atoms with Gasteiger partial charge in [0, 0.05) is 23.9 Å². The summed E-state index contributed by atoms with van der Waals surface area (Å²) in [7, 11) is 0. The van der Waals surface area contributed by atoms with Crippen LogP contribution in [0.4, 0.5) is 0 Å². The first kappa shape index (κ1) is 16.1. The molecule has 1 atom stereocenters. The third-order valence-corrected chi connectivity index (χ3v) is 3.36. The van der Waals surface area contributed by atoms with Crippen LogP contribution < -0.4 is 5.32 Å². The van der Waals surface area contributed by atoms with Crippen LogP contribution in [0.1, 0.15) is 69.2 Å². The van der Waals surface area contributed by atoms with Gasteiger partial charge in [-0.25, -0.2) is 9.97 Å². The lowest BCUT2D eigenvalue weighted by Gasteiger charge is -2.19. The number of nitrogens with zero attached hydrogens (tertiary/aromatic N) is 2. The summed E-state index contributed by atoms with van der Waals surface area (Å²) in [5.74, 6) is 2.50. The number of nitrogens with one attached hydrogen (secondary N) is 1. The molecule has 0 saturated carbocycles. The van der Waals surface area contributed by atoms with Crippen molar-refractivity contribution in [2.75, 3.05) is 13.1 Å². The van der Waals surface area contributed by atoms with E-state index in [1.807, 2.05) is 0 Å². The molecule has 19 heavy (non-hydrogen) atoms. The first-order chi connectivity index (χ1) is 8.82. The van der Waals surface area contributed by atoms with Crippen LogP contribution in [0.3, 0.4) is 0 Å². The second kappa shape index (κ2) is 6.99. The summed E-state index contributed by atoms with van der Waals surface area (Å²) >= 11 is 0. The lowest BCUT2D eigenvalue weighted by Crippen LogP contribution is -2.25. The third-order valence-electron chi connectivity index (χ3n) is 3.36. The standard InChI is InChI=1S/C16H29N3/c1-10(2)8-17-9-12(5)15-13(6)18-16(11(3)4)19-14(15)7/h10-12,17H,8-9H2,1-7H3. The van der Waals surface area contributed by atoms with E-state index in [0.29, 0.717) is 17.8 Å². The van der Waals surface area contributed by atoms with Gasteiger partial charge in [-0.15, -0.1) is 0 Å². The summed E-state index contributed by atoms with van der Waals surface area (Å²) in [6.07, 6.45) is 0. The molecule has 0 saturated heterocycles. The molecular formula is C16H29N3. The number of aryl methyl sites for hydroxylation is 2. The van der Waals surface area contributed by atoms with E-state index in [9.17, 15) is 0 Å². The van der Waals surface area contributed by atoms with E-state index < -0.39 is 0 Å². The molecule has 1 aromatic rings. The Morgan fingerprint density at radius 3 is 1.84 bits per heavy atom. The summed E-state index contributed by atoms with van der Waals surface area (Å²) in [5.41, 5.74) is 3.57. The van der Waals surface area contributed by atoms with Crippen LogP contribution in [-0.4, -0.2) is 23.1 Å². The number of aromatic nitrogens is 2. The van der Waals surface area contributed by atoms with Crippen molar-refractivity contribution in [2.24, 2.45) is 5.92 Å². The van der Waals surface area contributed by atoms with Gasteiger partial charge < -0.3 is 5.32 Å². The fourth-order valence-corrected chi connectivity index (χ4v) is 2.41. The van der Waals surface area contributed by atoms with Crippen molar-refractivity contribution in [2.45, 2.75) is 60.3 Å². The molecule has 0 radical (unpaired) electrons.